The summed E-state index contributed by atoms with van der Waals surface area (Å²) in [6.45, 7) is 4.19. The Morgan fingerprint density at radius 3 is 1.96 bits per heavy atom. The van der Waals surface area contributed by atoms with Crippen molar-refractivity contribution in [2.75, 3.05) is 6.17 Å². The quantitative estimate of drug-likeness (QED) is 0.622. The van der Waals surface area contributed by atoms with Gasteiger partial charge in [-0.25, -0.2) is 13.1 Å². The third-order valence-corrected chi connectivity index (χ3v) is 10.4. The van der Waals surface area contributed by atoms with Crippen LogP contribution in [0.2, 0.25) is 6.55 Å². The van der Waals surface area contributed by atoms with Gasteiger partial charge in [-0.2, -0.15) is 0 Å². The first-order chi connectivity index (χ1) is 12.9. The molecule has 3 aromatic rings. The Labute approximate surface area is 163 Å². The lowest BCUT2D eigenvalue weighted by atomic mass is 10.2. The van der Waals surface area contributed by atoms with Crippen molar-refractivity contribution in [2.24, 2.45) is 0 Å². The summed E-state index contributed by atoms with van der Waals surface area (Å²) in [4.78, 5) is 0.317. The minimum absolute atomic E-state index is 0.317. The molecule has 0 heterocycles. The van der Waals surface area contributed by atoms with Crippen molar-refractivity contribution in [3.05, 3.63) is 96.1 Å². The first kappa shape index (κ1) is 19.5. The van der Waals surface area contributed by atoms with Gasteiger partial charge in [0.15, 0.2) is 0 Å². The molecular weight excluding hydrogens is 370 g/mol. The van der Waals surface area contributed by atoms with Crippen LogP contribution >= 0.6 is 0 Å². The van der Waals surface area contributed by atoms with Crippen molar-refractivity contribution in [3.63, 3.8) is 0 Å². The summed E-state index contributed by atoms with van der Waals surface area (Å²) in [7, 11) is -5.64. The fraction of sp³-hybridized carbons (Fsp3) is 0.182. The molecule has 3 aromatic carbocycles. The first-order valence-electron chi connectivity index (χ1n) is 9.05. The van der Waals surface area contributed by atoms with Gasteiger partial charge >= 0.3 is 0 Å². The minimum Gasteiger partial charge on any atom is -0.214 e. The highest BCUT2D eigenvalue weighted by molar-refractivity contribution is 7.89. The Balaban J connectivity index is 1.86. The highest BCUT2D eigenvalue weighted by Gasteiger charge is 2.31. The Hall–Kier alpha value is -2.21. The summed E-state index contributed by atoms with van der Waals surface area (Å²) in [5.74, 6) is 0. The molecule has 140 valence electrons. The zero-order valence-electron chi connectivity index (χ0n) is 15.7. The molecule has 0 radical (unpaired) electrons. The molecule has 0 aromatic heterocycles. The molecule has 3 rings (SSSR count). The van der Waals surface area contributed by atoms with Crippen LogP contribution in [0, 0.1) is 6.92 Å². The lowest BCUT2D eigenvalue weighted by Crippen LogP contribution is -2.56. The average Bonchev–Trinajstić information content (AvgIpc) is 2.68. The number of hydrogen-bond donors (Lipinski definition) is 1. The van der Waals surface area contributed by atoms with Crippen molar-refractivity contribution in [1.82, 2.24) is 4.72 Å². The van der Waals surface area contributed by atoms with Crippen molar-refractivity contribution < 1.29 is 8.42 Å². The molecule has 0 spiro atoms. The van der Waals surface area contributed by atoms with E-state index in [0.717, 1.165) is 11.6 Å². The van der Waals surface area contributed by atoms with Crippen LogP contribution in [0.4, 0.5) is 0 Å². The van der Waals surface area contributed by atoms with E-state index in [1.165, 1.54) is 10.8 Å². The number of rotatable bonds is 7. The summed E-state index contributed by atoms with van der Waals surface area (Å²) < 4.78 is 28.5. The van der Waals surface area contributed by atoms with Gasteiger partial charge in [0.2, 0.25) is 10.0 Å². The average molecular weight is 396 g/mol. The van der Waals surface area contributed by atoms with E-state index in [9.17, 15) is 8.42 Å². The van der Waals surface area contributed by atoms with Gasteiger partial charge in [0.25, 0.3) is 0 Å². The highest BCUT2D eigenvalue weighted by atomic mass is 32.2. The smallest absolute Gasteiger partial charge is 0.214 e. The highest BCUT2D eigenvalue weighted by Crippen LogP contribution is 2.15. The van der Waals surface area contributed by atoms with Crippen LogP contribution < -0.4 is 9.91 Å². The molecule has 3 nitrogen and oxygen atoms in total. The molecule has 0 saturated carbocycles. The monoisotopic (exact) mass is 395 g/mol. The summed E-state index contributed by atoms with van der Waals surface area (Å²) in [5, 5.41) is 1.25. The largest absolute Gasteiger partial charge is 0.240 e. The molecule has 0 bridgehead atoms. The second-order valence-corrected chi connectivity index (χ2v) is 13.4. The second-order valence-electron chi connectivity index (χ2n) is 7.23. The maximum Gasteiger partial charge on any atom is 0.240 e. The van der Waals surface area contributed by atoms with Crippen LogP contribution in [0.15, 0.2) is 89.8 Å². The van der Waals surface area contributed by atoms with Gasteiger partial charge in [-0.15, -0.1) is 0 Å². The van der Waals surface area contributed by atoms with Crippen molar-refractivity contribution in [2.45, 2.75) is 24.4 Å². The Bertz CT molecular complexity index is 974. The summed E-state index contributed by atoms with van der Waals surface area (Å²) >= 11 is 0. The molecule has 0 aliphatic rings. The standard InChI is InChI=1S/C22H25NO2SSi/c1-19-13-15-21(16-14-19)26(24,25)23-18-27(2,22-11-7-4-8-12-22)17-20-9-5-3-6-10-20/h3-16,23H,17-18H2,1-2H3. The van der Waals surface area contributed by atoms with Gasteiger partial charge in [-0.3, -0.25) is 0 Å². The molecule has 1 N–H and O–H groups in total. The number of hydrogen-bond acceptors (Lipinski definition) is 2. The molecule has 0 saturated heterocycles. The molecular formula is C22H25NO2SSi. The summed E-state index contributed by atoms with van der Waals surface area (Å²) in [5.41, 5.74) is 2.28. The number of nitrogens with one attached hydrogen (secondary N) is 1. The number of benzene rings is 3. The first-order valence-corrected chi connectivity index (χ1v) is 13.4. The van der Waals surface area contributed by atoms with Crippen molar-refractivity contribution >= 4 is 23.3 Å². The lowest BCUT2D eigenvalue weighted by Gasteiger charge is -2.28. The lowest BCUT2D eigenvalue weighted by molar-refractivity contribution is 0.586. The zero-order chi connectivity index (χ0) is 19.3. The maximum absolute atomic E-state index is 12.8. The number of aryl methyl sites for hydroxylation is 1. The molecule has 1 atom stereocenters. The van der Waals surface area contributed by atoms with Crippen LogP contribution in [-0.2, 0) is 16.1 Å². The van der Waals surface area contributed by atoms with E-state index in [-0.39, 0.29) is 0 Å². The topological polar surface area (TPSA) is 46.2 Å². The zero-order valence-corrected chi connectivity index (χ0v) is 17.5. The molecule has 0 amide bonds. The van der Waals surface area contributed by atoms with E-state index in [4.69, 9.17) is 0 Å². The van der Waals surface area contributed by atoms with E-state index in [2.05, 4.69) is 35.5 Å². The minimum atomic E-state index is -3.53. The summed E-state index contributed by atoms with van der Waals surface area (Å²) in [6.07, 6.45) is 0.460. The predicted octanol–water partition coefficient (Wildman–Crippen LogP) is 3.58. The predicted molar refractivity (Wildman–Crippen MR) is 114 cm³/mol. The van der Waals surface area contributed by atoms with Gasteiger partial charge < -0.3 is 0 Å². The van der Waals surface area contributed by atoms with Gasteiger partial charge in [-0.1, -0.05) is 95.7 Å². The fourth-order valence-corrected chi connectivity index (χ4v) is 8.57. The normalized spacial score (nSPS) is 13.9. The SMILES string of the molecule is Cc1ccc(S(=O)(=O)NC[Si](C)(Cc2ccccc2)c2ccccc2)cc1. The molecule has 5 heteroatoms. The van der Waals surface area contributed by atoms with Crippen LogP contribution in [0.25, 0.3) is 0 Å². The maximum atomic E-state index is 12.8. The third-order valence-electron chi connectivity index (χ3n) is 4.89. The summed E-state index contributed by atoms with van der Waals surface area (Å²) in [6, 6.07) is 28.5. The van der Waals surface area contributed by atoms with Crippen LogP contribution in [0.3, 0.4) is 0 Å². The molecule has 0 aliphatic heterocycles. The van der Waals surface area contributed by atoms with Gasteiger partial charge in [0.1, 0.15) is 8.07 Å². The van der Waals surface area contributed by atoms with Crippen LogP contribution in [-0.4, -0.2) is 22.7 Å². The van der Waals surface area contributed by atoms with E-state index in [0.29, 0.717) is 11.1 Å². The third kappa shape index (κ3) is 4.94. The van der Waals surface area contributed by atoms with Crippen LogP contribution in [0.1, 0.15) is 11.1 Å². The molecule has 0 fully saturated rings. The van der Waals surface area contributed by atoms with E-state index in [1.54, 1.807) is 12.1 Å². The molecule has 1 unspecified atom stereocenters. The van der Waals surface area contributed by atoms with Crippen molar-refractivity contribution in [1.29, 1.82) is 0 Å². The second kappa shape index (κ2) is 8.21. The fourth-order valence-electron chi connectivity index (χ4n) is 3.21. The molecule has 0 aliphatic carbocycles. The van der Waals surface area contributed by atoms with Gasteiger partial charge in [-0.05, 0) is 25.1 Å². The molecule has 27 heavy (non-hydrogen) atoms. The van der Waals surface area contributed by atoms with E-state index < -0.39 is 18.1 Å². The Kier molecular flexibility index (Phi) is 5.94. The van der Waals surface area contributed by atoms with Crippen molar-refractivity contribution in [3.8, 4) is 0 Å². The number of sulfonamides is 1. The van der Waals surface area contributed by atoms with E-state index in [1.807, 2.05) is 55.5 Å². The Morgan fingerprint density at radius 1 is 0.815 bits per heavy atom. The van der Waals surface area contributed by atoms with E-state index >= 15 is 0 Å². The van der Waals surface area contributed by atoms with Crippen LogP contribution in [0.5, 0.6) is 0 Å². The van der Waals surface area contributed by atoms with Gasteiger partial charge in [0, 0.05) is 6.17 Å². The Morgan fingerprint density at radius 2 is 1.37 bits per heavy atom. The van der Waals surface area contributed by atoms with Gasteiger partial charge in [0.05, 0.1) is 4.90 Å².